The molecule has 22 heavy (non-hydrogen) atoms. The van der Waals surface area contributed by atoms with E-state index >= 15 is 0 Å². The van der Waals surface area contributed by atoms with Gasteiger partial charge in [-0.05, 0) is 37.0 Å². The molecule has 0 radical (unpaired) electrons. The Labute approximate surface area is 129 Å². The zero-order valence-corrected chi connectivity index (χ0v) is 13.1. The number of benzene rings is 1. The Hall–Kier alpha value is -2.30. The number of carboxylic acid groups (broad SMARTS) is 1. The van der Waals surface area contributed by atoms with E-state index in [1.165, 1.54) is 5.56 Å². The van der Waals surface area contributed by atoms with Crippen molar-refractivity contribution in [2.75, 3.05) is 0 Å². The molecule has 0 aliphatic carbocycles. The summed E-state index contributed by atoms with van der Waals surface area (Å²) in [5.74, 6) is -1.37. The van der Waals surface area contributed by atoms with Gasteiger partial charge in [0.15, 0.2) is 0 Å². The Morgan fingerprint density at radius 1 is 1.32 bits per heavy atom. The van der Waals surface area contributed by atoms with E-state index in [0.29, 0.717) is 6.42 Å². The molecule has 1 aromatic carbocycles. The fourth-order valence-corrected chi connectivity index (χ4v) is 2.51. The Morgan fingerprint density at radius 3 is 2.68 bits per heavy atom. The van der Waals surface area contributed by atoms with Crippen molar-refractivity contribution in [3.63, 3.8) is 0 Å². The summed E-state index contributed by atoms with van der Waals surface area (Å²) < 4.78 is 0. The number of hydrogen-bond donors (Lipinski definition) is 3. The molecule has 0 saturated heterocycles. The van der Waals surface area contributed by atoms with Crippen LogP contribution in [0.4, 0.5) is 0 Å². The third-order valence-electron chi connectivity index (χ3n) is 3.79. The summed E-state index contributed by atoms with van der Waals surface area (Å²) in [5, 5.41) is 12.8. The van der Waals surface area contributed by atoms with Crippen LogP contribution in [0.15, 0.2) is 24.4 Å². The van der Waals surface area contributed by atoms with Crippen LogP contribution in [0.1, 0.15) is 31.4 Å². The van der Waals surface area contributed by atoms with E-state index in [4.69, 9.17) is 5.11 Å². The first kappa shape index (κ1) is 16.1. The second-order valence-electron chi connectivity index (χ2n) is 5.99. The molecule has 0 fully saturated rings. The molecule has 1 amide bonds. The number of aryl methyl sites for hydroxylation is 2. The molecule has 1 aromatic heterocycles. The van der Waals surface area contributed by atoms with Crippen LogP contribution in [0.3, 0.4) is 0 Å². The lowest BCUT2D eigenvalue weighted by atomic mass is 10.0. The van der Waals surface area contributed by atoms with Crippen LogP contribution >= 0.6 is 0 Å². The van der Waals surface area contributed by atoms with Crippen LogP contribution in [0.25, 0.3) is 10.9 Å². The van der Waals surface area contributed by atoms with Crippen LogP contribution in [-0.4, -0.2) is 28.0 Å². The summed E-state index contributed by atoms with van der Waals surface area (Å²) in [6.07, 6.45) is 2.77. The molecule has 3 N–H and O–H groups in total. The minimum atomic E-state index is -0.994. The number of aromatic amines is 1. The maximum Gasteiger partial charge on any atom is 0.326 e. The monoisotopic (exact) mass is 302 g/mol. The number of rotatable bonds is 6. The number of aliphatic carboxylic acids is 1. The molecule has 0 unspecified atom stereocenters. The van der Waals surface area contributed by atoms with Crippen LogP contribution in [-0.2, 0) is 16.0 Å². The lowest BCUT2D eigenvalue weighted by molar-refractivity contribution is -0.143. The first-order valence-corrected chi connectivity index (χ1v) is 7.47. The van der Waals surface area contributed by atoms with Gasteiger partial charge in [0, 0.05) is 23.5 Å². The smallest absolute Gasteiger partial charge is 0.326 e. The van der Waals surface area contributed by atoms with Crippen molar-refractivity contribution >= 4 is 22.8 Å². The lowest BCUT2D eigenvalue weighted by Gasteiger charge is -2.17. The maximum atomic E-state index is 12.0. The number of nitrogens with one attached hydrogen (secondary N) is 2. The summed E-state index contributed by atoms with van der Waals surface area (Å²) in [7, 11) is 0. The first-order valence-electron chi connectivity index (χ1n) is 7.47. The highest BCUT2D eigenvalue weighted by atomic mass is 16.4. The fourth-order valence-electron chi connectivity index (χ4n) is 2.51. The van der Waals surface area contributed by atoms with Crippen molar-refractivity contribution in [1.29, 1.82) is 0 Å². The number of hydrogen-bond acceptors (Lipinski definition) is 2. The van der Waals surface area contributed by atoms with Crippen molar-refractivity contribution in [2.24, 2.45) is 5.92 Å². The second kappa shape index (κ2) is 6.64. The van der Waals surface area contributed by atoms with Gasteiger partial charge < -0.3 is 15.4 Å². The Morgan fingerprint density at radius 2 is 2.05 bits per heavy atom. The number of aromatic nitrogens is 1. The highest BCUT2D eigenvalue weighted by molar-refractivity contribution is 5.86. The van der Waals surface area contributed by atoms with Gasteiger partial charge in [0.2, 0.25) is 5.91 Å². The predicted octanol–water partition coefficient (Wildman–Crippen LogP) is 2.63. The minimum absolute atomic E-state index is 0.141. The van der Waals surface area contributed by atoms with Crippen molar-refractivity contribution in [3.05, 3.63) is 35.5 Å². The van der Waals surface area contributed by atoms with Gasteiger partial charge in [-0.2, -0.15) is 0 Å². The summed E-state index contributed by atoms with van der Waals surface area (Å²) in [5.41, 5.74) is 3.29. The van der Waals surface area contributed by atoms with E-state index in [0.717, 1.165) is 16.5 Å². The summed E-state index contributed by atoms with van der Waals surface area (Å²) >= 11 is 0. The molecule has 0 saturated carbocycles. The zero-order valence-electron chi connectivity index (χ0n) is 13.1. The number of fused-ring (bicyclic) bond motifs is 1. The number of H-pyrrole nitrogens is 1. The van der Waals surface area contributed by atoms with Crippen LogP contribution in [0.2, 0.25) is 0 Å². The zero-order chi connectivity index (χ0) is 16.3. The first-order chi connectivity index (χ1) is 10.4. The lowest BCUT2D eigenvalue weighted by Crippen LogP contribution is -2.44. The molecule has 0 spiro atoms. The van der Waals surface area contributed by atoms with Crippen LogP contribution in [0.5, 0.6) is 0 Å². The Balaban J connectivity index is 2.01. The van der Waals surface area contributed by atoms with E-state index in [-0.39, 0.29) is 18.2 Å². The molecule has 5 nitrogen and oxygen atoms in total. The molecular weight excluding hydrogens is 280 g/mol. The summed E-state index contributed by atoms with van der Waals surface area (Å²) in [4.78, 5) is 26.3. The van der Waals surface area contributed by atoms with E-state index in [1.54, 1.807) is 13.8 Å². The van der Waals surface area contributed by atoms with Crippen molar-refractivity contribution in [1.82, 2.24) is 10.3 Å². The van der Waals surface area contributed by atoms with Crippen molar-refractivity contribution < 1.29 is 14.7 Å². The third kappa shape index (κ3) is 3.67. The quantitative estimate of drug-likeness (QED) is 0.767. The topological polar surface area (TPSA) is 82.2 Å². The molecule has 0 aliphatic rings. The van der Waals surface area contributed by atoms with Gasteiger partial charge in [-0.1, -0.05) is 25.5 Å². The average Bonchev–Trinajstić information content (AvgIpc) is 2.84. The number of carbonyl (C=O) groups is 2. The van der Waals surface area contributed by atoms with E-state index in [9.17, 15) is 9.59 Å². The van der Waals surface area contributed by atoms with Gasteiger partial charge in [-0.3, -0.25) is 4.79 Å². The SMILES string of the molecule is Cc1ccc2[nH]cc(CCC(=O)N[C@@H](C(=O)O)C(C)C)c2c1. The van der Waals surface area contributed by atoms with Gasteiger partial charge in [0.05, 0.1) is 0 Å². The standard InChI is InChI=1S/C17H22N2O3/c1-10(2)16(17(21)22)19-15(20)7-5-12-9-18-14-6-4-11(3)8-13(12)14/h4,6,8-10,16,18H,5,7H2,1-3H3,(H,19,20)(H,21,22)/t16-/m1/s1. The van der Waals surface area contributed by atoms with Crippen LogP contribution < -0.4 is 5.32 Å². The molecule has 0 aliphatic heterocycles. The Kier molecular flexibility index (Phi) is 4.85. The molecule has 1 heterocycles. The number of amides is 1. The van der Waals surface area contributed by atoms with Gasteiger partial charge in [-0.15, -0.1) is 0 Å². The predicted molar refractivity (Wildman–Crippen MR) is 85.8 cm³/mol. The van der Waals surface area contributed by atoms with Gasteiger partial charge in [0.25, 0.3) is 0 Å². The largest absolute Gasteiger partial charge is 0.480 e. The average molecular weight is 302 g/mol. The highest BCUT2D eigenvalue weighted by Gasteiger charge is 2.23. The maximum absolute atomic E-state index is 12.0. The van der Waals surface area contributed by atoms with E-state index in [1.807, 2.05) is 25.3 Å². The van der Waals surface area contributed by atoms with Gasteiger partial charge in [-0.25, -0.2) is 4.79 Å². The van der Waals surface area contributed by atoms with Crippen molar-refractivity contribution in [2.45, 2.75) is 39.7 Å². The molecular formula is C17H22N2O3. The van der Waals surface area contributed by atoms with Crippen LogP contribution in [0, 0.1) is 12.8 Å². The van der Waals surface area contributed by atoms with E-state index < -0.39 is 12.0 Å². The number of carbonyl (C=O) groups excluding carboxylic acids is 1. The highest BCUT2D eigenvalue weighted by Crippen LogP contribution is 2.20. The molecule has 0 bridgehead atoms. The molecule has 1 atom stereocenters. The van der Waals surface area contributed by atoms with Gasteiger partial charge in [0.1, 0.15) is 6.04 Å². The second-order valence-corrected chi connectivity index (χ2v) is 5.99. The normalized spacial score (nSPS) is 12.5. The molecule has 2 aromatic rings. The summed E-state index contributed by atoms with van der Waals surface area (Å²) in [6.45, 7) is 5.59. The summed E-state index contributed by atoms with van der Waals surface area (Å²) in [6, 6.07) is 5.31. The molecule has 5 heteroatoms. The minimum Gasteiger partial charge on any atom is -0.480 e. The Bertz CT molecular complexity index is 688. The third-order valence-corrected chi connectivity index (χ3v) is 3.79. The fraction of sp³-hybridized carbons (Fsp3) is 0.412. The van der Waals surface area contributed by atoms with Gasteiger partial charge >= 0.3 is 5.97 Å². The molecule has 2 rings (SSSR count). The van der Waals surface area contributed by atoms with E-state index in [2.05, 4.69) is 16.4 Å². The number of carboxylic acids is 1. The molecule has 118 valence electrons. The van der Waals surface area contributed by atoms with Crippen molar-refractivity contribution in [3.8, 4) is 0 Å².